The minimum Gasteiger partial charge on any atom is -0.347 e. The summed E-state index contributed by atoms with van der Waals surface area (Å²) in [6, 6.07) is 3.98. The van der Waals surface area contributed by atoms with Gasteiger partial charge < -0.3 is 15.2 Å². The summed E-state index contributed by atoms with van der Waals surface area (Å²) in [6.45, 7) is 4.68. The molecule has 1 aliphatic heterocycles. The Kier molecular flexibility index (Phi) is 2.76. The third-order valence-electron chi connectivity index (χ3n) is 3.35. The van der Waals surface area contributed by atoms with E-state index in [1.54, 1.807) is 0 Å². The highest BCUT2D eigenvalue weighted by Gasteiger charge is 2.20. The van der Waals surface area contributed by atoms with Crippen LogP contribution in [0.5, 0.6) is 0 Å². The Labute approximate surface area is 106 Å². The first-order chi connectivity index (χ1) is 8.75. The third-order valence-corrected chi connectivity index (χ3v) is 3.35. The summed E-state index contributed by atoms with van der Waals surface area (Å²) in [6.07, 6.45) is 5.70. The second-order valence-corrected chi connectivity index (χ2v) is 4.66. The lowest BCUT2D eigenvalue weighted by Crippen LogP contribution is -2.35. The summed E-state index contributed by atoms with van der Waals surface area (Å²) in [5.74, 6) is 2.07. The van der Waals surface area contributed by atoms with E-state index >= 15 is 0 Å². The minimum absolute atomic E-state index is 0.00429. The van der Waals surface area contributed by atoms with Crippen molar-refractivity contribution in [3.8, 4) is 0 Å². The summed E-state index contributed by atoms with van der Waals surface area (Å²) >= 11 is 0. The lowest BCUT2D eigenvalue weighted by molar-refractivity contribution is 0.553. The maximum Gasteiger partial charge on any atom is 0.133 e. The van der Waals surface area contributed by atoms with Crippen LogP contribution in [0.4, 0.5) is 5.82 Å². The van der Waals surface area contributed by atoms with Gasteiger partial charge in [0.1, 0.15) is 11.6 Å². The van der Waals surface area contributed by atoms with Gasteiger partial charge in [-0.05, 0) is 13.0 Å². The lowest BCUT2D eigenvalue weighted by atomic mass is 10.1. The Morgan fingerprint density at radius 2 is 2.17 bits per heavy atom. The van der Waals surface area contributed by atoms with Crippen molar-refractivity contribution in [1.29, 1.82) is 0 Å². The van der Waals surface area contributed by atoms with Crippen LogP contribution in [0.1, 0.15) is 24.4 Å². The van der Waals surface area contributed by atoms with Crippen LogP contribution in [0.3, 0.4) is 0 Å². The van der Waals surface area contributed by atoms with E-state index in [9.17, 15) is 0 Å². The molecule has 2 aromatic heterocycles. The van der Waals surface area contributed by atoms with Crippen LogP contribution in [0.2, 0.25) is 0 Å². The van der Waals surface area contributed by atoms with Crippen molar-refractivity contribution in [2.45, 2.75) is 26.1 Å². The van der Waals surface area contributed by atoms with E-state index in [1.165, 1.54) is 0 Å². The highest BCUT2D eigenvalue weighted by Crippen LogP contribution is 2.25. The van der Waals surface area contributed by atoms with Crippen LogP contribution < -0.4 is 10.6 Å². The number of imidazole rings is 1. The van der Waals surface area contributed by atoms with E-state index in [4.69, 9.17) is 5.73 Å². The maximum atomic E-state index is 6.01. The fourth-order valence-corrected chi connectivity index (χ4v) is 2.38. The predicted molar refractivity (Wildman–Crippen MR) is 70.1 cm³/mol. The summed E-state index contributed by atoms with van der Waals surface area (Å²) in [5, 5.41) is 0. The molecule has 0 amide bonds. The highest BCUT2D eigenvalue weighted by atomic mass is 15.3. The quantitative estimate of drug-likeness (QED) is 0.864. The number of anilines is 1. The van der Waals surface area contributed by atoms with Crippen LogP contribution in [0.15, 0.2) is 30.7 Å². The van der Waals surface area contributed by atoms with Gasteiger partial charge in [-0.15, -0.1) is 0 Å². The number of pyridine rings is 1. The Morgan fingerprint density at radius 3 is 3.00 bits per heavy atom. The molecule has 3 heterocycles. The fraction of sp³-hybridized carbons (Fsp3) is 0.385. The number of aromatic nitrogens is 3. The molecule has 2 aromatic rings. The highest BCUT2D eigenvalue weighted by molar-refractivity contribution is 5.48. The van der Waals surface area contributed by atoms with E-state index in [0.717, 1.165) is 36.8 Å². The number of fused-ring (bicyclic) bond motifs is 1. The minimum atomic E-state index is -0.00429. The van der Waals surface area contributed by atoms with Gasteiger partial charge >= 0.3 is 0 Å². The van der Waals surface area contributed by atoms with E-state index in [2.05, 4.69) is 19.4 Å². The fourth-order valence-electron chi connectivity index (χ4n) is 2.38. The molecule has 18 heavy (non-hydrogen) atoms. The zero-order valence-electron chi connectivity index (χ0n) is 10.5. The van der Waals surface area contributed by atoms with E-state index in [0.29, 0.717) is 0 Å². The molecule has 0 radical (unpaired) electrons. The molecule has 1 aliphatic rings. The standard InChI is InChI=1S/C13H17N5/c1-10(14)11-3-2-4-16-13(11)18-8-7-17-6-5-15-12(17)9-18/h2-6,10H,7-9,14H2,1H3/t10-/m0/s1. The van der Waals surface area contributed by atoms with Gasteiger partial charge in [0.2, 0.25) is 0 Å². The average molecular weight is 243 g/mol. The van der Waals surface area contributed by atoms with Gasteiger partial charge in [-0.2, -0.15) is 0 Å². The van der Waals surface area contributed by atoms with Crippen molar-refractivity contribution in [2.75, 3.05) is 11.4 Å². The van der Waals surface area contributed by atoms with Gasteiger partial charge in [0.05, 0.1) is 6.54 Å². The predicted octanol–water partition coefficient (Wildman–Crippen LogP) is 1.32. The Hall–Kier alpha value is -1.88. The van der Waals surface area contributed by atoms with Gasteiger partial charge in [0.15, 0.2) is 0 Å². The van der Waals surface area contributed by atoms with Crippen molar-refractivity contribution in [1.82, 2.24) is 14.5 Å². The number of hydrogen-bond donors (Lipinski definition) is 1. The zero-order valence-corrected chi connectivity index (χ0v) is 10.5. The molecule has 2 N–H and O–H groups in total. The SMILES string of the molecule is C[C@H](N)c1cccnc1N1CCn2ccnc2C1. The molecular weight excluding hydrogens is 226 g/mol. The molecule has 0 aromatic carbocycles. The van der Waals surface area contributed by atoms with Crippen LogP contribution in [0.25, 0.3) is 0 Å². The molecule has 1 atom stereocenters. The van der Waals surface area contributed by atoms with Crippen LogP contribution in [-0.4, -0.2) is 21.1 Å². The molecule has 0 unspecified atom stereocenters. The Balaban J connectivity index is 1.93. The molecular formula is C13H17N5. The number of hydrogen-bond acceptors (Lipinski definition) is 4. The molecule has 0 saturated heterocycles. The number of nitrogens with two attached hydrogens (primary N) is 1. The van der Waals surface area contributed by atoms with E-state index in [1.807, 2.05) is 37.6 Å². The summed E-state index contributed by atoms with van der Waals surface area (Å²) < 4.78 is 2.19. The first-order valence-corrected chi connectivity index (χ1v) is 6.21. The zero-order chi connectivity index (χ0) is 12.5. The topological polar surface area (TPSA) is 60.0 Å². The molecule has 3 rings (SSSR count). The summed E-state index contributed by atoms with van der Waals surface area (Å²) in [7, 11) is 0. The van der Waals surface area contributed by atoms with Gasteiger partial charge in [0.25, 0.3) is 0 Å². The van der Waals surface area contributed by atoms with E-state index < -0.39 is 0 Å². The van der Waals surface area contributed by atoms with E-state index in [-0.39, 0.29) is 6.04 Å². The normalized spacial score (nSPS) is 16.4. The largest absolute Gasteiger partial charge is 0.347 e. The van der Waals surface area contributed by atoms with Crippen LogP contribution in [-0.2, 0) is 13.1 Å². The molecule has 94 valence electrons. The summed E-state index contributed by atoms with van der Waals surface area (Å²) in [5.41, 5.74) is 7.10. The third kappa shape index (κ3) is 1.86. The average Bonchev–Trinajstić information content (AvgIpc) is 2.85. The van der Waals surface area contributed by atoms with Crippen LogP contribution >= 0.6 is 0 Å². The smallest absolute Gasteiger partial charge is 0.133 e. The maximum absolute atomic E-state index is 6.01. The van der Waals surface area contributed by atoms with Gasteiger partial charge in [-0.3, -0.25) is 0 Å². The molecule has 0 spiro atoms. The van der Waals surface area contributed by atoms with Crippen molar-refractivity contribution in [3.05, 3.63) is 42.1 Å². The number of rotatable bonds is 2. The number of nitrogens with zero attached hydrogens (tertiary/aromatic N) is 4. The second kappa shape index (κ2) is 4.42. The van der Waals surface area contributed by atoms with Crippen LogP contribution in [0, 0.1) is 0 Å². The van der Waals surface area contributed by atoms with Crippen molar-refractivity contribution in [2.24, 2.45) is 5.73 Å². The molecule has 0 bridgehead atoms. The molecule has 5 nitrogen and oxygen atoms in total. The molecule has 0 aliphatic carbocycles. The Bertz CT molecular complexity index is 546. The first-order valence-electron chi connectivity index (χ1n) is 6.21. The molecule has 5 heteroatoms. The van der Waals surface area contributed by atoms with Gasteiger partial charge in [-0.25, -0.2) is 9.97 Å². The van der Waals surface area contributed by atoms with Gasteiger partial charge in [-0.1, -0.05) is 6.07 Å². The molecule has 0 fully saturated rings. The van der Waals surface area contributed by atoms with Crippen molar-refractivity contribution >= 4 is 5.82 Å². The van der Waals surface area contributed by atoms with Crippen molar-refractivity contribution in [3.63, 3.8) is 0 Å². The monoisotopic (exact) mass is 243 g/mol. The lowest BCUT2D eigenvalue weighted by Gasteiger charge is -2.30. The van der Waals surface area contributed by atoms with Crippen molar-refractivity contribution < 1.29 is 0 Å². The molecule has 0 saturated carbocycles. The van der Waals surface area contributed by atoms with Gasteiger partial charge in [0, 0.05) is 43.3 Å². The summed E-state index contributed by atoms with van der Waals surface area (Å²) in [4.78, 5) is 11.1. The first kappa shape index (κ1) is 11.2. The Morgan fingerprint density at radius 1 is 1.28 bits per heavy atom. The second-order valence-electron chi connectivity index (χ2n) is 4.66.